The van der Waals surface area contributed by atoms with Crippen LogP contribution < -0.4 is 5.32 Å². The van der Waals surface area contributed by atoms with Gasteiger partial charge in [-0.3, -0.25) is 4.68 Å². The van der Waals surface area contributed by atoms with E-state index in [0.717, 1.165) is 24.3 Å². The fraction of sp³-hybridized carbons (Fsp3) is 0.471. The zero-order valence-corrected chi connectivity index (χ0v) is 13.2. The van der Waals surface area contributed by atoms with Gasteiger partial charge in [-0.05, 0) is 37.3 Å². The molecule has 20 heavy (non-hydrogen) atoms. The molecule has 0 aliphatic rings. The molecule has 1 heterocycles. The molecule has 1 aromatic heterocycles. The first-order valence-electron chi connectivity index (χ1n) is 7.29. The number of aromatic nitrogens is 2. The minimum Gasteiger partial charge on any atom is -0.378 e. The van der Waals surface area contributed by atoms with Crippen molar-refractivity contribution < 1.29 is 0 Å². The summed E-state index contributed by atoms with van der Waals surface area (Å²) in [6, 6.07) is 8.90. The summed E-state index contributed by atoms with van der Waals surface area (Å²) in [5.74, 6) is 0.708. The van der Waals surface area contributed by atoms with Crippen LogP contribution >= 0.6 is 0 Å². The SMILES string of the molecule is Cc1nn(C)c(C)c1NCc1ccc(CC(C)C)cc1. The third-order valence-corrected chi connectivity index (χ3v) is 3.65. The highest BCUT2D eigenvalue weighted by Crippen LogP contribution is 2.19. The second-order valence-electron chi connectivity index (χ2n) is 5.94. The van der Waals surface area contributed by atoms with E-state index < -0.39 is 0 Å². The van der Waals surface area contributed by atoms with Gasteiger partial charge >= 0.3 is 0 Å². The van der Waals surface area contributed by atoms with E-state index in [-0.39, 0.29) is 0 Å². The molecule has 0 amide bonds. The van der Waals surface area contributed by atoms with Crippen molar-refractivity contribution in [3.05, 3.63) is 46.8 Å². The summed E-state index contributed by atoms with van der Waals surface area (Å²) in [6.45, 7) is 9.48. The third-order valence-electron chi connectivity index (χ3n) is 3.65. The third kappa shape index (κ3) is 3.41. The molecular weight excluding hydrogens is 246 g/mol. The van der Waals surface area contributed by atoms with Crippen molar-refractivity contribution in [2.24, 2.45) is 13.0 Å². The number of benzene rings is 1. The predicted molar refractivity (Wildman–Crippen MR) is 85.0 cm³/mol. The van der Waals surface area contributed by atoms with Crippen molar-refractivity contribution in [2.45, 2.75) is 40.7 Å². The molecule has 0 bridgehead atoms. The van der Waals surface area contributed by atoms with Gasteiger partial charge in [0, 0.05) is 13.6 Å². The molecule has 0 atom stereocenters. The molecule has 0 saturated carbocycles. The fourth-order valence-electron chi connectivity index (χ4n) is 2.48. The van der Waals surface area contributed by atoms with E-state index in [4.69, 9.17) is 0 Å². The Hall–Kier alpha value is -1.77. The van der Waals surface area contributed by atoms with E-state index in [2.05, 4.69) is 55.5 Å². The van der Waals surface area contributed by atoms with Crippen LogP contribution in [0.5, 0.6) is 0 Å². The Kier molecular flexibility index (Phi) is 4.48. The molecule has 0 spiro atoms. The summed E-state index contributed by atoms with van der Waals surface area (Å²) < 4.78 is 1.92. The van der Waals surface area contributed by atoms with Crippen LogP contribution in [0.25, 0.3) is 0 Å². The number of rotatable bonds is 5. The molecule has 3 nitrogen and oxygen atoms in total. The van der Waals surface area contributed by atoms with Crippen LogP contribution in [0.2, 0.25) is 0 Å². The quantitative estimate of drug-likeness (QED) is 0.895. The molecule has 0 aliphatic heterocycles. The number of nitrogens with one attached hydrogen (secondary N) is 1. The van der Waals surface area contributed by atoms with Crippen molar-refractivity contribution in [3.8, 4) is 0 Å². The lowest BCUT2D eigenvalue weighted by Gasteiger charge is -2.09. The van der Waals surface area contributed by atoms with Crippen LogP contribution in [0.4, 0.5) is 5.69 Å². The minimum absolute atomic E-state index is 0.708. The van der Waals surface area contributed by atoms with Crippen molar-refractivity contribution in [1.82, 2.24) is 9.78 Å². The summed E-state index contributed by atoms with van der Waals surface area (Å²) in [5.41, 5.74) is 6.11. The van der Waals surface area contributed by atoms with Gasteiger partial charge in [-0.25, -0.2) is 0 Å². The number of nitrogens with zero attached hydrogens (tertiary/aromatic N) is 2. The summed E-state index contributed by atoms with van der Waals surface area (Å²) >= 11 is 0. The second-order valence-corrected chi connectivity index (χ2v) is 5.94. The Balaban J connectivity index is 2.00. The Labute approximate surface area is 122 Å². The average Bonchev–Trinajstić information content (AvgIpc) is 2.62. The van der Waals surface area contributed by atoms with Gasteiger partial charge < -0.3 is 5.32 Å². The van der Waals surface area contributed by atoms with Crippen molar-refractivity contribution in [3.63, 3.8) is 0 Å². The van der Waals surface area contributed by atoms with Crippen LogP contribution in [0, 0.1) is 19.8 Å². The zero-order chi connectivity index (χ0) is 14.7. The lowest BCUT2D eigenvalue weighted by Crippen LogP contribution is -2.02. The largest absolute Gasteiger partial charge is 0.378 e. The molecule has 0 unspecified atom stereocenters. The van der Waals surface area contributed by atoms with Crippen molar-refractivity contribution >= 4 is 5.69 Å². The van der Waals surface area contributed by atoms with E-state index in [1.165, 1.54) is 16.8 Å². The summed E-state index contributed by atoms with van der Waals surface area (Å²) in [4.78, 5) is 0. The molecule has 1 N–H and O–H groups in total. The molecule has 0 radical (unpaired) electrons. The second kappa shape index (κ2) is 6.12. The Morgan fingerprint density at radius 3 is 2.20 bits per heavy atom. The molecule has 0 fully saturated rings. The van der Waals surface area contributed by atoms with E-state index in [0.29, 0.717) is 5.92 Å². The monoisotopic (exact) mass is 271 g/mol. The molecule has 0 aliphatic carbocycles. The lowest BCUT2D eigenvalue weighted by atomic mass is 10.0. The summed E-state index contributed by atoms with van der Waals surface area (Å²) in [5, 5.41) is 7.92. The first-order valence-corrected chi connectivity index (χ1v) is 7.29. The fourth-order valence-corrected chi connectivity index (χ4v) is 2.48. The first kappa shape index (κ1) is 14.6. The Morgan fingerprint density at radius 1 is 1.10 bits per heavy atom. The summed E-state index contributed by atoms with van der Waals surface area (Å²) in [7, 11) is 1.98. The number of hydrogen-bond acceptors (Lipinski definition) is 2. The number of hydrogen-bond donors (Lipinski definition) is 1. The first-order chi connectivity index (χ1) is 9.47. The van der Waals surface area contributed by atoms with Gasteiger partial charge in [-0.15, -0.1) is 0 Å². The average molecular weight is 271 g/mol. The van der Waals surface area contributed by atoms with E-state index in [1.54, 1.807) is 0 Å². The maximum Gasteiger partial charge on any atom is 0.0827 e. The van der Waals surface area contributed by atoms with Crippen LogP contribution in [-0.2, 0) is 20.0 Å². The molecule has 0 saturated heterocycles. The van der Waals surface area contributed by atoms with Gasteiger partial charge in [0.1, 0.15) is 0 Å². The zero-order valence-electron chi connectivity index (χ0n) is 13.2. The topological polar surface area (TPSA) is 29.9 Å². The van der Waals surface area contributed by atoms with Crippen molar-refractivity contribution in [1.29, 1.82) is 0 Å². The Morgan fingerprint density at radius 2 is 1.70 bits per heavy atom. The molecule has 1 aromatic carbocycles. The molecule has 108 valence electrons. The standard InChI is InChI=1S/C17H25N3/c1-12(2)10-15-6-8-16(9-7-15)11-18-17-13(3)19-20(5)14(17)4/h6-9,12,18H,10-11H2,1-5H3. The highest BCUT2D eigenvalue weighted by molar-refractivity contribution is 5.52. The maximum atomic E-state index is 4.42. The number of anilines is 1. The highest BCUT2D eigenvalue weighted by Gasteiger charge is 2.08. The van der Waals surface area contributed by atoms with Crippen LogP contribution in [0.1, 0.15) is 36.4 Å². The molecule has 2 aromatic rings. The smallest absolute Gasteiger partial charge is 0.0827 e. The summed E-state index contributed by atoms with van der Waals surface area (Å²) in [6.07, 6.45) is 1.15. The molecular formula is C17H25N3. The highest BCUT2D eigenvalue weighted by atomic mass is 15.3. The van der Waals surface area contributed by atoms with Gasteiger partial charge in [-0.2, -0.15) is 5.10 Å². The van der Waals surface area contributed by atoms with Gasteiger partial charge in [0.25, 0.3) is 0 Å². The van der Waals surface area contributed by atoms with E-state index >= 15 is 0 Å². The van der Waals surface area contributed by atoms with Gasteiger partial charge in [0.2, 0.25) is 0 Å². The lowest BCUT2D eigenvalue weighted by molar-refractivity contribution is 0.647. The number of aryl methyl sites for hydroxylation is 2. The normalized spacial score (nSPS) is 11.1. The van der Waals surface area contributed by atoms with Gasteiger partial charge in [-0.1, -0.05) is 38.1 Å². The van der Waals surface area contributed by atoms with Gasteiger partial charge in [0.05, 0.1) is 17.1 Å². The van der Waals surface area contributed by atoms with E-state index in [1.807, 2.05) is 18.7 Å². The minimum atomic E-state index is 0.708. The van der Waals surface area contributed by atoms with Crippen molar-refractivity contribution in [2.75, 3.05) is 5.32 Å². The van der Waals surface area contributed by atoms with E-state index in [9.17, 15) is 0 Å². The van der Waals surface area contributed by atoms with Gasteiger partial charge in [0.15, 0.2) is 0 Å². The van der Waals surface area contributed by atoms with Crippen LogP contribution in [0.15, 0.2) is 24.3 Å². The van der Waals surface area contributed by atoms with Crippen LogP contribution in [0.3, 0.4) is 0 Å². The predicted octanol–water partition coefficient (Wildman–Crippen LogP) is 3.85. The molecule has 3 heteroatoms. The maximum absolute atomic E-state index is 4.42. The van der Waals surface area contributed by atoms with Crippen LogP contribution in [-0.4, -0.2) is 9.78 Å². The Bertz CT molecular complexity index is 565. The molecule has 2 rings (SSSR count).